The van der Waals surface area contributed by atoms with Gasteiger partial charge >= 0.3 is 0 Å². The minimum absolute atomic E-state index is 0.184. The maximum atomic E-state index is 12.4. The van der Waals surface area contributed by atoms with E-state index in [1.165, 1.54) is 6.20 Å². The van der Waals surface area contributed by atoms with E-state index in [9.17, 15) is 9.59 Å². The summed E-state index contributed by atoms with van der Waals surface area (Å²) in [7, 11) is 0. The molecule has 3 aromatic rings. The van der Waals surface area contributed by atoms with Crippen molar-refractivity contribution >= 4 is 17.5 Å². The van der Waals surface area contributed by atoms with Crippen molar-refractivity contribution in [2.75, 3.05) is 5.32 Å². The quantitative estimate of drug-likeness (QED) is 0.742. The number of amides is 2. The van der Waals surface area contributed by atoms with E-state index in [2.05, 4.69) is 15.6 Å². The highest BCUT2D eigenvalue weighted by Gasteiger charge is 2.10. The Labute approximate surface area is 152 Å². The van der Waals surface area contributed by atoms with Gasteiger partial charge in [0.25, 0.3) is 11.8 Å². The third-order valence-electron chi connectivity index (χ3n) is 3.94. The van der Waals surface area contributed by atoms with Crippen LogP contribution in [0.1, 0.15) is 31.8 Å². The monoisotopic (exact) mass is 345 g/mol. The Kier molecular flexibility index (Phi) is 5.39. The molecule has 0 aliphatic carbocycles. The third kappa shape index (κ3) is 4.33. The molecule has 1 aromatic heterocycles. The van der Waals surface area contributed by atoms with Crippen molar-refractivity contribution in [1.82, 2.24) is 10.3 Å². The van der Waals surface area contributed by atoms with Crippen LogP contribution in [0.2, 0.25) is 0 Å². The van der Waals surface area contributed by atoms with E-state index in [0.29, 0.717) is 23.4 Å². The highest BCUT2D eigenvalue weighted by Crippen LogP contribution is 2.16. The van der Waals surface area contributed by atoms with Crippen molar-refractivity contribution in [3.63, 3.8) is 0 Å². The van der Waals surface area contributed by atoms with Gasteiger partial charge in [0.1, 0.15) is 0 Å². The topological polar surface area (TPSA) is 71.1 Å². The Morgan fingerprint density at radius 3 is 2.38 bits per heavy atom. The Morgan fingerprint density at radius 2 is 1.65 bits per heavy atom. The van der Waals surface area contributed by atoms with Crippen LogP contribution in [0.25, 0.3) is 0 Å². The number of rotatable bonds is 5. The number of carbonyl (C=O) groups is 2. The first-order valence-corrected chi connectivity index (χ1v) is 8.27. The number of hydrogen-bond donors (Lipinski definition) is 2. The number of aryl methyl sites for hydroxylation is 1. The summed E-state index contributed by atoms with van der Waals surface area (Å²) in [5, 5.41) is 5.75. The predicted octanol–water partition coefficient (Wildman–Crippen LogP) is 3.57. The highest BCUT2D eigenvalue weighted by atomic mass is 16.2. The van der Waals surface area contributed by atoms with Gasteiger partial charge in [0, 0.05) is 30.2 Å². The van der Waals surface area contributed by atoms with Crippen LogP contribution < -0.4 is 10.6 Å². The summed E-state index contributed by atoms with van der Waals surface area (Å²) >= 11 is 0. The average molecular weight is 345 g/mol. The molecule has 5 nitrogen and oxygen atoms in total. The molecule has 0 unspecified atom stereocenters. The summed E-state index contributed by atoms with van der Waals surface area (Å²) in [5.74, 6) is -0.395. The van der Waals surface area contributed by atoms with Gasteiger partial charge in [-0.05, 0) is 42.8 Å². The summed E-state index contributed by atoms with van der Waals surface area (Å²) in [6.07, 6.45) is 3.13. The first-order valence-electron chi connectivity index (χ1n) is 8.27. The van der Waals surface area contributed by atoms with Crippen LogP contribution in [-0.4, -0.2) is 16.8 Å². The maximum Gasteiger partial charge on any atom is 0.255 e. The van der Waals surface area contributed by atoms with Crippen LogP contribution in [0, 0.1) is 6.92 Å². The minimum Gasteiger partial charge on any atom is -0.348 e. The van der Waals surface area contributed by atoms with E-state index in [-0.39, 0.29) is 11.8 Å². The summed E-state index contributed by atoms with van der Waals surface area (Å²) in [6.45, 7) is 2.28. The van der Waals surface area contributed by atoms with Crippen molar-refractivity contribution in [3.8, 4) is 0 Å². The molecule has 0 aliphatic heterocycles. The molecule has 0 radical (unpaired) electrons. The number of carbonyl (C=O) groups excluding carboxylic acids is 2. The Bertz CT molecular complexity index is 906. The molecule has 130 valence electrons. The molecule has 3 rings (SSSR count). The molecular weight excluding hydrogens is 326 g/mol. The van der Waals surface area contributed by atoms with Gasteiger partial charge in [-0.2, -0.15) is 0 Å². The molecular formula is C21H19N3O2. The number of anilines is 1. The molecule has 0 spiro atoms. The predicted molar refractivity (Wildman–Crippen MR) is 101 cm³/mol. The van der Waals surface area contributed by atoms with E-state index in [4.69, 9.17) is 0 Å². The van der Waals surface area contributed by atoms with Crippen molar-refractivity contribution in [2.24, 2.45) is 0 Å². The van der Waals surface area contributed by atoms with Crippen LogP contribution >= 0.6 is 0 Å². The molecule has 0 atom stereocenters. The zero-order valence-corrected chi connectivity index (χ0v) is 14.4. The number of para-hydroxylation sites is 1. The first kappa shape index (κ1) is 17.4. The summed E-state index contributed by atoms with van der Waals surface area (Å²) < 4.78 is 0. The van der Waals surface area contributed by atoms with Crippen LogP contribution in [0.15, 0.2) is 73.1 Å². The standard InChI is InChI=1S/C21H19N3O2/c1-15-8-10-16(11-9-15)21(26)24-19-7-3-2-5-17(19)14-23-20(25)18-6-4-12-22-13-18/h2-13H,14H2,1H3,(H,23,25)(H,24,26). The summed E-state index contributed by atoms with van der Waals surface area (Å²) in [5.41, 5.74) is 3.67. The normalized spacial score (nSPS) is 10.2. The Balaban J connectivity index is 1.69. The van der Waals surface area contributed by atoms with Crippen LogP contribution in [0.4, 0.5) is 5.69 Å². The number of benzene rings is 2. The summed E-state index contributed by atoms with van der Waals surface area (Å²) in [4.78, 5) is 28.5. The van der Waals surface area contributed by atoms with Gasteiger partial charge < -0.3 is 10.6 Å². The lowest BCUT2D eigenvalue weighted by Crippen LogP contribution is -2.24. The second-order valence-corrected chi connectivity index (χ2v) is 5.90. The van der Waals surface area contributed by atoms with E-state index in [1.54, 1.807) is 30.5 Å². The van der Waals surface area contributed by atoms with Crippen LogP contribution in [0.5, 0.6) is 0 Å². The molecule has 0 fully saturated rings. The molecule has 0 bridgehead atoms. The molecule has 0 saturated heterocycles. The molecule has 0 saturated carbocycles. The molecule has 26 heavy (non-hydrogen) atoms. The van der Waals surface area contributed by atoms with Crippen molar-refractivity contribution in [1.29, 1.82) is 0 Å². The number of nitrogens with zero attached hydrogens (tertiary/aromatic N) is 1. The minimum atomic E-state index is -0.210. The van der Waals surface area contributed by atoms with Gasteiger partial charge in [0.2, 0.25) is 0 Å². The van der Waals surface area contributed by atoms with Crippen LogP contribution in [0.3, 0.4) is 0 Å². The first-order chi connectivity index (χ1) is 12.6. The SMILES string of the molecule is Cc1ccc(C(=O)Nc2ccccc2CNC(=O)c2cccnc2)cc1. The second kappa shape index (κ2) is 8.07. The van der Waals surface area contributed by atoms with Crippen LogP contribution in [-0.2, 0) is 6.54 Å². The zero-order valence-electron chi connectivity index (χ0n) is 14.4. The van der Waals surface area contributed by atoms with Gasteiger partial charge in [-0.25, -0.2) is 0 Å². The number of aromatic nitrogens is 1. The lowest BCUT2D eigenvalue weighted by Gasteiger charge is -2.12. The average Bonchev–Trinajstić information content (AvgIpc) is 2.68. The lowest BCUT2D eigenvalue weighted by atomic mass is 10.1. The fourth-order valence-electron chi connectivity index (χ4n) is 2.47. The van der Waals surface area contributed by atoms with Crippen molar-refractivity contribution in [3.05, 3.63) is 95.3 Å². The Hall–Kier alpha value is -3.47. The van der Waals surface area contributed by atoms with Crippen molar-refractivity contribution in [2.45, 2.75) is 13.5 Å². The fourth-order valence-corrected chi connectivity index (χ4v) is 2.47. The third-order valence-corrected chi connectivity index (χ3v) is 3.94. The molecule has 2 aromatic carbocycles. The van der Waals surface area contributed by atoms with Gasteiger partial charge in [0.05, 0.1) is 5.56 Å². The van der Waals surface area contributed by atoms with Gasteiger partial charge in [0.15, 0.2) is 0 Å². The van der Waals surface area contributed by atoms with E-state index in [1.807, 2.05) is 43.3 Å². The molecule has 5 heteroatoms. The molecule has 2 amide bonds. The van der Waals surface area contributed by atoms with E-state index in [0.717, 1.165) is 11.1 Å². The van der Waals surface area contributed by atoms with E-state index < -0.39 is 0 Å². The summed E-state index contributed by atoms with van der Waals surface area (Å²) in [6, 6.07) is 18.2. The van der Waals surface area contributed by atoms with Gasteiger partial charge in [-0.15, -0.1) is 0 Å². The maximum absolute atomic E-state index is 12.4. The van der Waals surface area contributed by atoms with Gasteiger partial charge in [-0.3, -0.25) is 14.6 Å². The molecule has 0 aliphatic rings. The molecule has 1 heterocycles. The smallest absolute Gasteiger partial charge is 0.255 e. The van der Waals surface area contributed by atoms with E-state index >= 15 is 0 Å². The van der Waals surface area contributed by atoms with Gasteiger partial charge in [-0.1, -0.05) is 35.9 Å². The second-order valence-electron chi connectivity index (χ2n) is 5.90. The number of nitrogens with one attached hydrogen (secondary N) is 2. The number of pyridine rings is 1. The van der Waals surface area contributed by atoms with Crippen molar-refractivity contribution < 1.29 is 9.59 Å². The Morgan fingerprint density at radius 1 is 0.885 bits per heavy atom. The fraction of sp³-hybridized carbons (Fsp3) is 0.0952. The highest BCUT2D eigenvalue weighted by molar-refractivity contribution is 6.04. The lowest BCUT2D eigenvalue weighted by molar-refractivity contribution is 0.0950. The number of hydrogen-bond acceptors (Lipinski definition) is 3. The zero-order chi connectivity index (χ0) is 18.4. The molecule has 2 N–H and O–H groups in total. The largest absolute Gasteiger partial charge is 0.348 e.